The standard InChI is InChI=1S/C14H18N2O2S/c1-11-10-16(7-6-15(11)2)14(18)13-12(4-3-8-17)5-9-19-13/h5,9,11,17H,6-8,10H2,1-2H3. The summed E-state index contributed by atoms with van der Waals surface area (Å²) < 4.78 is 0. The third-order valence-electron chi connectivity index (χ3n) is 3.41. The molecule has 0 aromatic carbocycles. The average Bonchev–Trinajstić information content (AvgIpc) is 2.87. The van der Waals surface area contributed by atoms with Crippen LogP contribution in [-0.4, -0.2) is 60.1 Å². The Kier molecular flexibility index (Phi) is 4.59. The lowest BCUT2D eigenvalue weighted by molar-refractivity contribution is 0.0577. The molecule has 1 unspecified atom stereocenters. The SMILES string of the molecule is CC1CN(C(=O)c2sccc2C#CCO)CCN1C. The monoisotopic (exact) mass is 278 g/mol. The minimum absolute atomic E-state index is 0.0530. The van der Waals surface area contributed by atoms with Crippen LogP contribution in [-0.2, 0) is 0 Å². The van der Waals surface area contributed by atoms with E-state index in [1.807, 2.05) is 16.3 Å². The van der Waals surface area contributed by atoms with Gasteiger partial charge in [-0.2, -0.15) is 0 Å². The molecule has 102 valence electrons. The number of aliphatic hydroxyl groups excluding tert-OH is 1. The number of hydrogen-bond acceptors (Lipinski definition) is 4. The lowest BCUT2D eigenvalue weighted by atomic mass is 10.2. The van der Waals surface area contributed by atoms with Crippen LogP contribution >= 0.6 is 11.3 Å². The summed E-state index contributed by atoms with van der Waals surface area (Å²) in [5, 5.41) is 10.6. The summed E-state index contributed by atoms with van der Waals surface area (Å²) in [6.45, 7) is 4.34. The van der Waals surface area contributed by atoms with Crippen molar-refractivity contribution >= 4 is 17.2 Å². The van der Waals surface area contributed by atoms with E-state index in [1.165, 1.54) is 11.3 Å². The van der Waals surface area contributed by atoms with Gasteiger partial charge in [-0.3, -0.25) is 4.79 Å². The van der Waals surface area contributed by atoms with E-state index in [9.17, 15) is 4.79 Å². The maximum atomic E-state index is 12.5. The zero-order chi connectivity index (χ0) is 13.8. The Labute approximate surface area is 117 Å². The number of piperazine rings is 1. The van der Waals surface area contributed by atoms with E-state index in [2.05, 4.69) is 30.7 Å². The fourth-order valence-electron chi connectivity index (χ4n) is 2.08. The van der Waals surface area contributed by atoms with Crippen molar-refractivity contribution in [3.8, 4) is 11.8 Å². The van der Waals surface area contributed by atoms with E-state index in [1.54, 1.807) is 0 Å². The molecule has 1 aliphatic rings. The molecule has 0 bridgehead atoms. The summed E-state index contributed by atoms with van der Waals surface area (Å²) in [5.41, 5.74) is 0.718. The van der Waals surface area contributed by atoms with Crippen molar-refractivity contribution in [2.24, 2.45) is 0 Å². The van der Waals surface area contributed by atoms with E-state index in [-0.39, 0.29) is 12.5 Å². The van der Waals surface area contributed by atoms with E-state index in [4.69, 9.17) is 5.11 Å². The highest BCUT2D eigenvalue weighted by Crippen LogP contribution is 2.20. The normalized spacial score (nSPS) is 19.9. The minimum Gasteiger partial charge on any atom is -0.384 e. The molecule has 1 fully saturated rings. The van der Waals surface area contributed by atoms with Gasteiger partial charge in [0, 0.05) is 31.2 Å². The number of nitrogens with zero attached hydrogens (tertiary/aromatic N) is 2. The number of carbonyl (C=O) groups excluding carboxylic acids is 1. The van der Waals surface area contributed by atoms with E-state index < -0.39 is 0 Å². The molecule has 0 saturated carbocycles. The summed E-state index contributed by atoms with van der Waals surface area (Å²) in [4.78, 5) is 17.3. The zero-order valence-electron chi connectivity index (χ0n) is 11.2. The minimum atomic E-state index is -0.185. The number of thiophene rings is 1. The van der Waals surface area contributed by atoms with Gasteiger partial charge in [0.1, 0.15) is 11.5 Å². The molecule has 5 heteroatoms. The van der Waals surface area contributed by atoms with Crippen molar-refractivity contribution in [3.05, 3.63) is 21.9 Å². The number of hydrogen-bond donors (Lipinski definition) is 1. The van der Waals surface area contributed by atoms with E-state index in [0.29, 0.717) is 10.9 Å². The van der Waals surface area contributed by atoms with Gasteiger partial charge < -0.3 is 14.9 Å². The van der Waals surface area contributed by atoms with Crippen molar-refractivity contribution in [2.75, 3.05) is 33.3 Å². The Morgan fingerprint density at radius 3 is 3.05 bits per heavy atom. The Hall–Kier alpha value is -1.35. The molecule has 2 rings (SSSR count). The molecular weight excluding hydrogens is 260 g/mol. The lowest BCUT2D eigenvalue weighted by Gasteiger charge is -2.37. The van der Waals surface area contributed by atoms with Crippen molar-refractivity contribution in [1.29, 1.82) is 0 Å². The van der Waals surface area contributed by atoms with Gasteiger partial charge in [0.15, 0.2) is 0 Å². The number of carbonyl (C=O) groups is 1. The molecule has 1 aromatic heterocycles. The van der Waals surface area contributed by atoms with Gasteiger partial charge in [0.2, 0.25) is 0 Å². The molecule has 1 N–H and O–H groups in total. The van der Waals surface area contributed by atoms with Crippen LogP contribution < -0.4 is 0 Å². The molecule has 2 heterocycles. The highest BCUT2D eigenvalue weighted by atomic mass is 32.1. The Morgan fingerprint density at radius 1 is 1.58 bits per heavy atom. The largest absolute Gasteiger partial charge is 0.384 e. The van der Waals surface area contributed by atoms with Crippen LogP contribution in [0, 0.1) is 11.8 Å². The van der Waals surface area contributed by atoms with Crippen LogP contribution in [0.15, 0.2) is 11.4 Å². The Balaban J connectivity index is 2.14. The van der Waals surface area contributed by atoms with Gasteiger partial charge in [-0.15, -0.1) is 11.3 Å². The van der Waals surface area contributed by atoms with Crippen LogP contribution in [0.25, 0.3) is 0 Å². The summed E-state index contributed by atoms with van der Waals surface area (Å²) in [6.07, 6.45) is 0. The molecule has 0 spiro atoms. The van der Waals surface area contributed by atoms with Crippen molar-refractivity contribution < 1.29 is 9.90 Å². The van der Waals surface area contributed by atoms with Crippen LogP contribution in [0.1, 0.15) is 22.2 Å². The van der Waals surface area contributed by atoms with Gasteiger partial charge in [-0.25, -0.2) is 0 Å². The second-order valence-electron chi connectivity index (χ2n) is 4.70. The molecule has 1 atom stereocenters. The maximum absolute atomic E-state index is 12.5. The molecule has 4 nitrogen and oxygen atoms in total. The first-order valence-corrected chi connectivity index (χ1v) is 7.18. The van der Waals surface area contributed by atoms with Crippen LogP contribution in [0.2, 0.25) is 0 Å². The molecule has 19 heavy (non-hydrogen) atoms. The van der Waals surface area contributed by atoms with Crippen molar-refractivity contribution in [1.82, 2.24) is 9.80 Å². The lowest BCUT2D eigenvalue weighted by Crippen LogP contribution is -2.51. The second-order valence-corrected chi connectivity index (χ2v) is 5.62. The first-order valence-electron chi connectivity index (χ1n) is 6.30. The van der Waals surface area contributed by atoms with Crippen molar-refractivity contribution in [2.45, 2.75) is 13.0 Å². The molecular formula is C14H18N2O2S. The number of likely N-dealkylation sites (N-methyl/N-ethyl adjacent to an activating group) is 1. The molecule has 1 aromatic rings. The Morgan fingerprint density at radius 2 is 2.37 bits per heavy atom. The number of amides is 1. The van der Waals surface area contributed by atoms with Gasteiger partial charge >= 0.3 is 0 Å². The van der Waals surface area contributed by atoms with Crippen LogP contribution in [0.4, 0.5) is 0 Å². The quantitative estimate of drug-likeness (QED) is 0.775. The summed E-state index contributed by atoms with van der Waals surface area (Å²) >= 11 is 1.41. The highest BCUT2D eigenvalue weighted by Gasteiger charge is 2.26. The fraction of sp³-hybridized carbons (Fsp3) is 0.500. The van der Waals surface area contributed by atoms with Crippen LogP contribution in [0.3, 0.4) is 0 Å². The third-order valence-corrected chi connectivity index (χ3v) is 4.31. The van der Waals surface area contributed by atoms with Gasteiger partial charge in [0.05, 0.1) is 0 Å². The van der Waals surface area contributed by atoms with Crippen molar-refractivity contribution in [3.63, 3.8) is 0 Å². The second kappa shape index (κ2) is 6.20. The summed E-state index contributed by atoms with van der Waals surface area (Å²) in [6, 6.07) is 2.21. The van der Waals surface area contributed by atoms with E-state index in [0.717, 1.165) is 25.2 Å². The molecule has 0 radical (unpaired) electrons. The first-order chi connectivity index (χ1) is 9.13. The highest BCUT2D eigenvalue weighted by molar-refractivity contribution is 7.12. The molecule has 1 saturated heterocycles. The summed E-state index contributed by atoms with van der Waals surface area (Å²) in [5.74, 6) is 5.49. The third kappa shape index (κ3) is 3.16. The van der Waals surface area contributed by atoms with Gasteiger partial charge in [-0.1, -0.05) is 11.8 Å². The van der Waals surface area contributed by atoms with Crippen LogP contribution in [0.5, 0.6) is 0 Å². The predicted molar refractivity (Wildman–Crippen MR) is 76.3 cm³/mol. The molecule has 0 aliphatic carbocycles. The van der Waals surface area contributed by atoms with E-state index >= 15 is 0 Å². The van der Waals surface area contributed by atoms with Gasteiger partial charge in [0.25, 0.3) is 5.91 Å². The summed E-state index contributed by atoms with van der Waals surface area (Å²) in [7, 11) is 2.08. The fourth-order valence-corrected chi connectivity index (χ4v) is 2.90. The first kappa shape index (κ1) is 14.1. The molecule has 1 aliphatic heterocycles. The number of aliphatic hydroxyl groups is 1. The predicted octanol–water partition coefficient (Wildman–Crippen LogP) is 0.868. The van der Waals surface area contributed by atoms with Gasteiger partial charge in [-0.05, 0) is 25.4 Å². The maximum Gasteiger partial charge on any atom is 0.265 e. The smallest absolute Gasteiger partial charge is 0.265 e. The number of rotatable bonds is 1. The Bertz CT molecular complexity index is 515. The topological polar surface area (TPSA) is 43.8 Å². The zero-order valence-corrected chi connectivity index (χ0v) is 12.0. The average molecular weight is 278 g/mol. The molecule has 1 amide bonds.